The van der Waals surface area contributed by atoms with Crippen molar-refractivity contribution in [3.05, 3.63) is 17.7 Å². The summed E-state index contributed by atoms with van der Waals surface area (Å²) >= 11 is 0. The molecule has 2 rings (SSSR count). The number of β-amino-alcohol motifs (C(OH)–C–C–N with tert-alkyl or cyclic N) is 1. The number of hydrogen-bond donors (Lipinski definition) is 3. The molecule has 3 N–H and O–H groups in total. The highest BCUT2D eigenvalue weighted by Crippen LogP contribution is 2.14. The summed E-state index contributed by atoms with van der Waals surface area (Å²) in [4.78, 5) is 30.1. The molecule has 0 bridgehead atoms. The number of aliphatic hydroxyl groups excluding tert-OH is 1. The highest BCUT2D eigenvalue weighted by atomic mass is 16.4. The van der Waals surface area contributed by atoms with Gasteiger partial charge in [0.15, 0.2) is 11.4 Å². The second kappa shape index (κ2) is 3.93. The summed E-state index contributed by atoms with van der Waals surface area (Å²) in [5.74, 6) is -1.68. The lowest BCUT2D eigenvalue weighted by atomic mass is 10.3. The standard InChI is InChI=1S/C9H11N3O4/c13-5-1-2-12(3-5)8(14)6-7(9(15)16)11-4-10-6/h4-5,13H,1-3H2,(H,10,11)(H,15,16)/t5-/m1/s1. The fourth-order valence-electron chi connectivity index (χ4n) is 1.70. The van der Waals surface area contributed by atoms with Gasteiger partial charge < -0.3 is 20.1 Å². The van der Waals surface area contributed by atoms with Crippen molar-refractivity contribution in [1.29, 1.82) is 0 Å². The Morgan fingerprint density at radius 3 is 2.88 bits per heavy atom. The number of carbonyl (C=O) groups is 2. The van der Waals surface area contributed by atoms with Crippen LogP contribution in [0.4, 0.5) is 0 Å². The Kier molecular flexibility index (Phi) is 2.61. The minimum Gasteiger partial charge on any atom is -0.477 e. The zero-order valence-electron chi connectivity index (χ0n) is 8.38. The van der Waals surface area contributed by atoms with Crippen LogP contribution in [0.3, 0.4) is 0 Å². The molecule has 1 aromatic heterocycles. The summed E-state index contributed by atoms with van der Waals surface area (Å²) < 4.78 is 0. The Hall–Kier alpha value is -1.89. The van der Waals surface area contributed by atoms with Crippen LogP contribution in [0.25, 0.3) is 0 Å². The summed E-state index contributed by atoms with van der Waals surface area (Å²) in [6.07, 6.45) is 1.15. The van der Waals surface area contributed by atoms with Crippen LogP contribution in [0, 0.1) is 0 Å². The number of amides is 1. The number of carbonyl (C=O) groups excluding carboxylic acids is 1. The quantitative estimate of drug-likeness (QED) is 0.618. The third-order valence-corrected chi connectivity index (χ3v) is 2.51. The van der Waals surface area contributed by atoms with Crippen LogP contribution in [0.2, 0.25) is 0 Å². The summed E-state index contributed by atoms with van der Waals surface area (Å²) in [7, 11) is 0. The first kappa shape index (κ1) is 10.6. The van der Waals surface area contributed by atoms with Crippen molar-refractivity contribution in [2.75, 3.05) is 13.1 Å². The maximum atomic E-state index is 11.8. The number of aromatic nitrogens is 2. The first-order valence-corrected chi connectivity index (χ1v) is 4.83. The van der Waals surface area contributed by atoms with Gasteiger partial charge in [-0.05, 0) is 6.42 Å². The van der Waals surface area contributed by atoms with Gasteiger partial charge in [-0.25, -0.2) is 9.78 Å². The van der Waals surface area contributed by atoms with Crippen LogP contribution in [0.1, 0.15) is 27.4 Å². The van der Waals surface area contributed by atoms with Crippen molar-refractivity contribution in [2.24, 2.45) is 0 Å². The molecule has 1 atom stereocenters. The number of nitrogens with zero attached hydrogens (tertiary/aromatic N) is 2. The molecule has 7 heteroatoms. The number of H-pyrrole nitrogens is 1. The zero-order chi connectivity index (χ0) is 11.7. The van der Waals surface area contributed by atoms with E-state index < -0.39 is 18.0 Å². The molecule has 0 radical (unpaired) electrons. The molecule has 0 unspecified atom stereocenters. The van der Waals surface area contributed by atoms with Gasteiger partial charge in [-0.2, -0.15) is 0 Å². The van der Waals surface area contributed by atoms with Crippen LogP contribution in [0.5, 0.6) is 0 Å². The molecule has 1 amide bonds. The highest BCUT2D eigenvalue weighted by molar-refractivity contribution is 6.02. The number of nitrogens with one attached hydrogen (secondary N) is 1. The fourth-order valence-corrected chi connectivity index (χ4v) is 1.70. The van der Waals surface area contributed by atoms with E-state index in [0.29, 0.717) is 13.0 Å². The van der Waals surface area contributed by atoms with Crippen LogP contribution in [0.15, 0.2) is 6.33 Å². The molecule has 0 spiro atoms. The first-order chi connectivity index (χ1) is 7.59. The van der Waals surface area contributed by atoms with Crippen molar-refractivity contribution in [3.8, 4) is 0 Å². The lowest BCUT2D eigenvalue weighted by Crippen LogP contribution is -2.31. The lowest BCUT2D eigenvalue weighted by molar-refractivity contribution is 0.0671. The third-order valence-electron chi connectivity index (χ3n) is 2.51. The van der Waals surface area contributed by atoms with E-state index in [0.717, 1.165) is 0 Å². The normalized spacial score (nSPS) is 20.1. The summed E-state index contributed by atoms with van der Waals surface area (Å²) in [5, 5.41) is 18.1. The van der Waals surface area contributed by atoms with Gasteiger partial charge in [0, 0.05) is 13.1 Å². The molecule has 1 aromatic rings. The number of aromatic amines is 1. The van der Waals surface area contributed by atoms with Crippen LogP contribution in [-0.4, -0.2) is 56.2 Å². The molecular formula is C9H11N3O4. The fraction of sp³-hybridized carbons (Fsp3) is 0.444. The van der Waals surface area contributed by atoms with E-state index in [1.807, 2.05) is 0 Å². The molecule has 0 aliphatic carbocycles. The van der Waals surface area contributed by atoms with Crippen molar-refractivity contribution in [3.63, 3.8) is 0 Å². The number of aliphatic hydroxyl groups is 1. The van der Waals surface area contributed by atoms with Gasteiger partial charge in [-0.1, -0.05) is 0 Å². The van der Waals surface area contributed by atoms with E-state index in [2.05, 4.69) is 9.97 Å². The number of rotatable bonds is 2. The van der Waals surface area contributed by atoms with E-state index in [4.69, 9.17) is 5.11 Å². The van der Waals surface area contributed by atoms with Gasteiger partial charge in [-0.3, -0.25) is 4.79 Å². The van der Waals surface area contributed by atoms with Gasteiger partial charge in [0.05, 0.1) is 12.4 Å². The molecule has 0 aromatic carbocycles. The van der Waals surface area contributed by atoms with E-state index in [-0.39, 0.29) is 17.9 Å². The second-order valence-electron chi connectivity index (χ2n) is 3.62. The van der Waals surface area contributed by atoms with Gasteiger partial charge >= 0.3 is 5.97 Å². The maximum Gasteiger partial charge on any atom is 0.354 e. The topological polar surface area (TPSA) is 107 Å². The van der Waals surface area contributed by atoms with E-state index in [9.17, 15) is 14.7 Å². The minimum absolute atomic E-state index is 0.110. The molecule has 1 aliphatic rings. The molecule has 1 fully saturated rings. The van der Waals surface area contributed by atoms with Crippen LogP contribution < -0.4 is 0 Å². The predicted octanol–water partition coefficient (Wildman–Crippen LogP) is -0.685. The predicted molar refractivity (Wildman–Crippen MR) is 52.1 cm³/mol. The molecule has 16 heavy (non-hydrogen) atoms. The van der Waals surface area contributed by atoms with Crippen molar-refractivity contribution in [2.45, 2.75) is 12.5 Å². The van der Waals surface area contributed by atoms with Crippen LogP contribution >= 0.6 is 0 Å². The summed E-state index contributed by atoms with van der Waals surface area (Å²) in [6, 6.07) is 0. The average molecular weight is 225 g/mol. The number of carboxylic acid groups (broad SMARTS) is 1. The average Bonchev–Trinajstić information content (AvgIpc) is 2.84. The molecular weight excluding hydrogens is 214 g/mol. The Labute approximate surface area is 90.7 Å². The van der Waals surface area contributed by atoms with Crippen molar-refractivity contribution in [1.82, 2.24) is 14.9 Å². The Morgan fingerprint density at radius 1 is 1.56 bits per heavy atom. The number of aromatic carboxylic acids is 1. The van der Waals surface area contributed by atoms with Gasteiger partial charge in [-0.15, -0.1) is 0 Å². The second-order valence-corrected chi connectivity index (χ2v) is 3.62. The first-order valence-electron chi connectivity index (χ1n) is 4.83. The van der Waals surface area contributed by atoms with Gasteiger partial charge in [0.25, 0.3) is 5.91 Å². The molecule has 7 nitrogen and oxygen atoms in total. The van der Waals surface area contributed by atoms with E-state index in [1.165, 1.54) is 11.2 Å². The smallest absolute Gasteiger partial charge is 0.354 e. The van der Waals surface area contributed by atoms with Crippen molar-refractivity contribution >= 4 is 11.9 Å². The maximum absolute atomic E-state index is 11.8. The van der Waals surface area contributed by atoms with Crippen molar-refractivity contribution < 1.29 is 19.8 Å². The molecule has 0 saturated carbocycles. The molecule has 2 heterocycles. The SMILES string of the molecule is O=C(O)c1[nH]cnc1C(=O)N1CC[C@@H](O)C1. The Morgan fingerprint density at radius 2 is 2.31 bits per heavy atom. The number of imidazole rings is 1. The molecule has 1 saturated heterocycles. The highest BCUT2D eigenvalue weighted by Gasteiger charge is 2.29. The lowest BCUT2D eigenvalue weighted by Gasteiger charge is -2.13. The van der Waals surface area contributed by atoms with Gasteiger partial charge in [0.1, 0.15) is 0 Å². The van der Waals surface area contributed by atoms with Gasteiger partial charge in [0.2, 0.25) is 0 Å². The van der Waals surface area contributed by atoms with E-state index in [1.54, 1.807) is 0 Å². The molecule has 1 aliphatic heterocycles. The summed E-state index contributed by atoms with van der Waals surface area (Å²) in [6.45, 7) is 0.649. The zero-order valence-corrected chi connectivity index (χ0v) is 8.38. The Balaban J connectivity index is 2.21. The Bertz CT molecular complexity index is 428. The monoisotopic (exact) mass is 225 g/mol. The summed E-state index contributed by atoms with van der Waals surface area (Å²) in [5.41, 5.74) is -0.326. The third kappa shape index (κ3) is 1.76. The largest absolute Gasteiger partial charge is 0.477 e. The molecule has 86 valence electrons. The number of likely N-dealkylation sites (tertiary alicyclic amines) is 1. The number of hydrogen-bond acceptors (Lipinski definition) is 4. The van der Waals surface area contributed by atoms with E-state index >= 15 is 0 Å². The van der Waals surface area contributed by atoms with Crippen LogP contribution in [-0.2, 0) is 0 Å². The number of carboxylic acids is 1. The minimum atomic E-state index is -1.22.